The lowest BCUT2D eigenvalue weighted by atomic mass is 9.84. The summed E-state index contributed by atoms with van der Waals surface area (Å²) in [6, 6.07) is 0.668. The zero-order chi connectivity index (χ0) is 11.1. The van der Waals surface area contributed by atoms with Crippen molar-refractivity contribution in [3.63, 3.8) is 0 Å². The fourth-order valence-corrected chi connectivity index (χ4v) is 2.38. The van der Waals surface area contributed by atoms with Gasteiger partial charge in [-0.25, -0.2) is 0 Å². The number of hydrogen-bond acceptors (Lipinski definition) is 2. The minimum absolute atomic E-state index is 0.358. The first kappa shape index (κ1) is 13.0. The van der Waals surface area contributed by atoms with Gasteiger partial charge in [0.15, 0.2) is 0 Å². The predicted octanol–water partition coefficient (Wildman–Crippen LogP) is 2.97. The molecule has 1 rings (SSSR count). The highest BCUT2D eigenvalue weighted by atomic mass is 16.5. The van der Waals surface area contributed by atoms with Gasteiger partial charge in [-0.2, -0.15) is 0 Å². The maximum atomic E-state index is 5.52. The van der Waals surface area contributed by atoms with Crippen LogP contribution in [0.15, 0.2) is 0 Å². The molecule has 1 N–H and O–H groups in total. The number of hydrogen-bond donors (Lipinski definition) is 1. The van der Waals surface area contributed by atoms with E-state index in [1.54, 1.807) is 0 Å². The summed E-state index contributed by atoms with van der Waals surface area (Å²) in [7, 11) is 0. The van der Waals surface area contributed by atoms with Crippen LogP contribution in [0.2, 0.25) is 0 Å². The van der Waals surface area contributed by atoms with Crippen LogP contribution in [0.4, 0.5) is 0 Å². The molecule has 0 saturated heterocycles. The summed E-state index contributed by atoms with van der Waals surface area (Å²) >= 11 is 0. The molecule has 0 heterocycles. The normalized spacial score (nSPS) is 20.8. The fourth-order valence-electron chi connectivity index (χ4n) is 2.38. The average molecular weight is 213 g/mol. The smallest absolute Gasteiger partial charge is 0.0594 e. The molecule has 0 bridgehead atoms. The van der Waals surface area contributed by atoms with Gasteiger partial charge < -0.3 is 10.1 Å². The van der Waals surface area contributed by atoms with Gasteiger partial charge in [-0.1, -0.05) is 19.3 Å². The minimum atomic E-state index is 0.358. The molecule has 15 heavy (non-hydrogen) atoms. The molecule has 0 aromatic rings. The second kappa shape index (κ2) is 7.24. The zero-order valence-corrected chi connectivity index (χ0v) is 10.6. The summed E-state index contributed by atoms with van der Waals surface area (Å²) in [5.41, 5.74) is 0. The van der Waals surface area contributed by atoms with Gasteiger partial charge in [0.05, 0.1) is 12.7 Å². The molecule has 90 valence electrons. The first-order valence-electron chi connectivity index (χ1n) is 6.55. The van der Waals surface area contributed by atoms with Crippen LogP contribution in [-0.4, -0.2) is 25.3 Å². The highest BCUT2D eigenvalue weighted by Crippen LogP contribution is 2.26. The van der Waals surface area contributed by atoms with E-state index in [0.29, 0.717) is 12.1 Å². The molecule has 2 nitrogen and oxygen atoms in total. The van der Waals surface area contributed by atoms with Crippen molar-refractivity contribution >= 4 is 0 Å². The van der Waals surface area contributed by atoms with Gasteiger partial charge in [0.1, 0.15) is 0 Å². The molecule has 2 heteroatoms. The Labute approximate surface area is 94.8 Å². The SMILES string of the molecule is CC(C)OCCN[C@@H](C)C1CCCCC1. The van der Waals surface area contributed by atoms with Gasteiger partial charge in [-0.05, 0) is 39.5 Å². The Morgan fingerprint density at radius 2 is 1.80 bits per heavy atom. The second-order valence-electron chi connectivity index (χ2n) is 5.06. The molecule has 0 aromatic heterocycles. The van der Waals surface area contributed by atoms with E-state index in [0.717, 1.165) is 19.1 Å². The van der Waals surface area contributed by atoms with Crippen molar-refractivity contribution in [2.24, 2.45) is 5.92 Å². The molecule has 0 unspecified atom stereocenters. The van der Waals surface area contributed by atoms with Crippen molar-refractivity contribution in [1.29, 1.82) is 0 Å². The second-order valence-corrected chi connectivity index (χ2v) is 5.06. The Hall–Kier alpha value is -0.0800. The highest BCUT2D eigenvalue weighted by Gasteiger charge is 2.19. The van der Waals surface area contributed by atoms with E-state index in [-0.39, 0.29) is 0 Å². The standard InChI is InChI=1S/C13H27NO/c1-11(2)15-10-9-14-12(3)13-7-5-4-6-8-13/h11-14H,4-10H2,1-3H3/t12-/m0/s1. The third kappa shape index (κ3) is 5.53. The monoisotopic (exact) mass is 213 g/mol. The molecule has 0 spiro atoms. The third-order valence-corrected chi connectivity index (χ3v) is 3.38. The maximum Gasteiger partial charge on any atom is 0.0594 e. The topological polar surface area (TPSA) is 21.3 Å². The fraction of sp³-hybridized carbons (Fsp3) is 1.00. The summed E-state index contributed by atoms with van der Waals surface area (Å²) in [6.45, 7) is 8.34. The lowest BCUT2D eigenvalue weighted by molar-refractivity contribution is 0.0778. The van der Waals surface area contributed by atoms with E-state index in [9.17, 15) is 0 Å². The summed E-state index contributed by atoms with van der Waals surface area (Å²) in [4.78, 5) is 0. The van der Waals surface area contributed by atoms with Crippen molar-refractivity contribution in [1.82, 2.24) is 5.32 Å². The van der Waals surface area contributed by atoms with Crippen LogP contribution in [0.1, 0.15) is 52.9 Å². The average Bonchev–Trinajstić information content (AvgIpc) is 2.25. The van der Waals surface area contributed by atoms with E-state index in [1.165, 1.54) is 32.1 Å². The van der Waals surface area contributed by atoms with Crippen LogP contribution in [0.3, 0.4) is 0 Å². The molecule has 1 atom stereocenters. The van der Waals surface area contributed by atoms with Crippen molar-refractivity contribution in [2.75, 3.05) is 13.2 Å². The Bertz CT molecular complexity index is 153. The molecule has 1 saturated carbocycles. The van der Waals surface area contributed by atoms with Gasteiger partial charge in [-0.3, -0.25) is 0 Å². The molecule has 0 amide bonds. The number of nitrogens with one attached hydrogen (secondary N) is 1. The van der Waals surface area contributed by atoms with Crippen molar-refractivity contribution in [2.45, 2.75) is 65.0 Å². The predicted molar refractivity (Wildman–Crippen MR) is 65.1 cm³/mol. The Morgan fingerprint density at radius 3 is 2.40 bits per heavy atom. The van der Waals surface area contributed by atoms with Crippen molar-refractivity contribution < 1.29 is 4.74 Å². The van der Waals surface area contributed by atoms with Crippen LogP contribution in [0.5, 0.6) is 0 Å². The largest absolute Gasteiger partial charge is 0.377 e. The first-order chi connectivity index (χ1) is 7.20. The van der Waals surface area contributed by atoms with E-state index in [1.807, 2.05) is 0 Å². The Kier molecular flexibility index (Phi) is 6.26. The van der Waals surface area contributed by atoms with Crippen LogP contribution in [-0.2, 0) is 4.74 Å². The van der Waals surface area contributed by atoms with Crippen LogP contribution < -0.4 is 5.32 Å². The van der Waals surface area contributed by atoms with E-state index in [2.05, 4.69) is 26.1 Å². The lowest BCUT2D eigenvalue weighted by Gasteiger charge is -2.28. The molecule has 1 fully saturated rings. The summed E-state index contributed by atoms with van der Waals surface area (Å²) in [6.07, 6.45) is 7.49. The Morgan fingerprint density at radius 1 is 1.13 bits per heavy atom. The molecule has 1 aliphatic carbocycles. The van der Waals surface area contributed by atoms with Crippen molar-refractivity contribution in [3.8, 4) is 0 Å². The van der Waals surface area contributed by atoms with Gasteiger partial charge >= 0.3 is 0 Å². The lowest BCUT2D eigenvalue weighted by Crippen LogP contribution is -2.36. The summed E-state index contributed by atoms with van der Waals surface area (Å²) in [5.74, 6) is 0.901. The first-order valence-corrected chi connectivity index (χ1v) is 6.55. The van der Waals surface area contributed by atoms with Gasteiger partial charge in [0.25, 0.3) is 0 Å². The molecule has 1 aliphatic rings. The van der Waals surface area contributed by atoms with Gasteiger partial charge in [0, 0.05) is 12.6 Å². The quantitative estimate of drug-likeness (QED) is 0.685. The number of ether oxygens (including phenoxy) is 1. The molecular weight excluding hydrogens is 186 g/mol. The summed E-state index contributed by atoms with van der Waals surface area (Å²) in [5, 5.41) is 3.58. The molecule has 0 radical (unpaired) electrons. The van der Waals surface area contributed by atoms with Crippen molar-refractivity contribution in [3.05, 3.63) is 0 Å². The molecule has 0 aromatic carbocycles. The van der Waals surface area contributed by atoms with E-state index < -0.39 is 0 Å². The molecule has 0 aliphatic heterocycles. The van der Waals surface area contributed by atoms with E-state index in [4.69, 9.17) is 4.74 Å². The van der Waals surface area contributed by atoms with Crippen LogP contribution in [0.25, 0.3) is 0 Å². The maximum absolute atomic E-state index is 5.52. The zero-order valence-electron chi connectivity index (χ0n) is 10.6. The molecular formula is C13H27NO. The number of rotatable bonds is 6. The minimum Gasteiger partial charge on any atom is -0.377 e. The summed E-state index contributed by atoms with van der Waals surface area (Å²) < 4.78 is 5.52. The third-order valence-electron chi connectivity index (χ3n) is 3.38. The Balaban J connectivity index is 2.04. The van der Waals surface area contributed by atoms with E-state index >= 15 is 0 Å². The van der Waals surface area contributed by atoms with Gasteiger partial charge in [0.2, 0.25) is 0 Å². The van der Waals surface area contributed by atoms with Crippen LogP contribution in [0, 0.1) is 5.92 Å². The van der Waals surface area contributed by atoms with Gasteiger partial charge in [-0.15, -0.1) is 0 Å². The highest BCUT2D eigenvalue weighted by molar-refractivity contribution is 4.75. The van der Waals surface area contributed by atoms with Crippen LogP contribution >= 0.6 is 0 Å².